The van der Waals surface area contributed by atoms with Gasteiger partial charge in [0.1, 0.15) is 0 Å². The summed E-state index contributed by atoms with van der Waals surface area (Å²) >= 11 is 0. The molecule has 0 saturated carbocycles. The molecular weight excluding hydrogens is 220 g/mol. The average molecular weight is 244 g/mol. The van der Waals surface area contributed by atoms with Crippen LogP contribution >= 0.6 is 0 Å². The summed E-state index contributed by atoms with van der Waals surface area (Å²) in [6.45, 7) is 6.81. The zero-order valence-electron chi connectivity index (χ0n) is 11.5. The molecule has 0 aliphatic heterocycles. The van der Waals surface area contributed by atoms with E-state index in [-0.39, 0.29) is 17.4 Å². The Morgan fingerprint density at radius 2 is 1.94 bits per heavy atom. The number of carbonyl (C=O) groups excluding carboxylic acids is 2. The Hall–Kier alpha value is -1.10. The highest BCUT2D eigenvalue weighted by Crippen LogP contribution is 2.06. The standard InChI is InChI=1S/C12H24N2O3/c1-6-12(2,3)13-10(15)9-14(4)8-7-11(16)17-5/h6-9H2,1-5H3,(H,13,15). The third kappa shape index (κ3) is 7.74. The maximum Gasteiger partial charge on any atom is 0.306 e. The number of carbonyl (C=O) groups is 2. The van der Waals surface area contributed by atoms with E-state index < -0.39 is 0 Å². The van der Waals surface area contributed by atoms with Crippen molar-refractivity contribution in [2.24, 2.45) is 0 Å². The molecular formula is C12H24N2O3. The van der Waals surface area contributed by atoms with E-state index in [0.29, 0.717) is 19.5 Å². The molecule has 0 bridgehead atoms. The molecule has 100 valence electrons. The van der Waals surface area contributed by atoms with Gasteiger partial charge in [0.25, 0.3) is 0 Å². The molecule has 5 heteroatoms. The van der Waals surface area contributed by atoms with E-state index in [1.807, 2.05) is 27.8 Å². The summed E-state index contributed by atoms with van der Waals surface area (Å²) in [5.74, 6) is -0.282. The maximum atomic E-state index is 11.7. The fourth-order valence-corrected chi connectivity index (χ4v) is 1.21. The van der Waals surface area contributed by atoms with Gasteiger partial charge in [0.2, 0.25) is 5.91 Å². The lowest BCUT2D eigenvalue weighted by Crippen LogP contribution is -2.47. The van der Waals surface area contributed by atoms with E-state index in [4.69, 9.17) is 0 Å². The third-order valence-corrected chi connectivity index (χ3v) is 2.70. The summed E-state index contributed by atoms with van der Waals surface area (Å²) in [7, 11) is 3.17. The van der Waals surface area contributed by atoms with Crippen molar-refractivity contribution < 1.29 is 14.3 Å². The molecule has 0 spiro atoms. The van der Waals surface area contributed by atoms with Crippen molar-refractivity contribution in [3.8, 4) is 0 Å². The van der Waals surface area contributed by atoms with Crippen LogP contribution in [0.5, 0.6) is 0 Å². The molecule has 0 aromatic rings. The summed E-state index contributed by atoms with van der Waals surface area (Å²) in [5.41, 5.74) is -0.180. The lowest BCUT2D eigenvalue weighted by atomic mass is 10.0. The van der Waals surface area contributed by atoms with Crippen LogP contribution in [0, 0.1) is 0 Å². The fraction of sp³-hybridized carbons (Fsp3) is 0.833. The third-order valence-electron chi connectivity index (χ3n) is 2.70. The van der Waals surface area contributed by atoms with Crippen LogP contribution in [0.25, 0.3) is 0 Å². The van der Waals surface area contributed by atoms with Crippen molar-refractivity contribution >= 4 is 11.9 Å². The predicted octanol–water partition coefficient (Wildman–Crippen LogP) is 0.786. The minimum atomic E-state index is -0.258. The molecule has 0 rings (SSSR count). The van der Waals surface area contributed by atoms with Gasteiger partial charge in [-0.3, -0.25) is 14.5 Å². The van der Waals surface area contributed by atoms with Crippen LogP contribution in [0.3, 0.4) is 0 Å². The Bertz CT molecular complexity index is 264. The van der Waals surface area contributed by atoms with Gasteiger partial charge in [0, 0.05) is 12.1 Å². The first-order valence-electron chi connectivity index (χ1n) is 5.87. The number of likely N-dealkylation sites (N-methyl/N-ethyl adjacent to an activating group) is 1. The molecule has 1 amide bonds. The first-order valence-corrected chi connectivity index (χ1v) is 5.87. The van der Waals surface area contributed by atoms with Crippen LogP contribution in [0.2, 0.25) is 0 Å². The second-order valence-electron chi connectivity index (χ2n) is 4.85. The van der Waals surface area contributed by atoms with Crippen LogP contribution in [-0.4, -0.2) is 49.6 Å². The summed E-state index contributed by atoms with van der Waals surface area (Å²) in [5, 5.41) is 2.94. The van der Waals surface area contributed by atoms with E-state index in [9.17, 15) is 9.59 Å². The predicted molar refractivity (Wildman–Crippen MR) is 66.6 cm³/mol. The Labute approximate surface area is 103 Å². The van der Waals surface area contributed by atoms with Gasteiger partial charge in [-0.15, -0.1) is 0 Å². The number of rotatable bonds is 7. The minimum absolute atomic E-state index is 0.0239. The molecule has 0 saturated heterocycles. The number of esters is 1. The second kappa shape index (κ2) is 7.27. The van der Waals surface area contributed by atoms with Crippen LogP contribution in [0.1, 0.15) is 33.6 Å². The molecule has 0 heterocycles. The quantitative estimate of drug-likeness (QED) is 0.673. The maximum absolute atomic E-state index is 11.7. The van der Waals surface area contributed by atoms with E-state index in [0.717, 1.165) is 6.42 Å². The van der Waals surface area contributed by atoms with Gasteiger partial charge in [0.05, 0.1) is 20.1 Å². The summed E-state index contributed by atoms with van der Waals surface area (Å²) in [4.78, 5) is 24.4. The molecule has 0 radical (unpaired) electrons. The van der Waals surface area contributed by atoms with Crippen molar-refractivity contribution in [2.75, 3.05) is 27.2 Å². The monoisotopic (exact) mass is 244 g/mol. The highest BCUT2D eigenvalue weighted by atomic mass is 16.5. The largest absolute Gasteiger partial charge is 0.469 e. The van der Waals surface area contributed by atoms with Gasteiger partial charge >= 0.3 is 5.97 Å². The van der Waals surface area contributed by atoms with Gasteiger partial charge in [0.15, 0.2) is 0 Å². The number of nitrogens with zero attached hydrogens (tertiary/aromatic N) is 1. The fourth-order valence-electron chi connectivity index (χ4n) is 1.21. The first-order chi connectivity index (χ1) is 7.80. The topological polar surface area (TPSA) is 58.6 Å². The van der Waals surface area contributed by atoms with Crippen molar-refractivity contribution in [3.63, 3.8) is 0 Å². The Morgan fingerprint density at radius 1 is 1.35 bits per heavy atom. The molecule has 5 nitrogen and oxygen atoms in total. The van der Waals surface area contributed by atoms with Gasteiger partial charge in [-0.1, -0.05) is 6.92 Å². The molecule has 0 aromatic carbocycles. The number of ether oxygens (including phenoxy) is 1. The molecule has 0 aromatic heterocycles. The van der Waals surface area contributed by atoms with Crippen molar-refractivity contribution in [3.05, 3.63) is 0 Å². The number of hydrogen-bond acceptors (Lipinski definition) is 4. The second-order valence-corrected chi connectivity index (χ2v) is 4.85. The SMILES string of the molecule is CCC(C)(C)NC(=O)CN(C)CCC(=O)OC. The Morgan fingerprint density at radius 3 is 2.41 bits per heavy atom. The van der Waals surface area contributed by atoms with Crippen molar-refractivity contribution in [1.29, 1.82) is 0 Å². The highest BCUT2D eigenvalue weighted by Gasteiger charge is 2.18. The zero-order valence-corrected chi connectivity index (χ0v) is 11.5. The van der Waals surface area contributed by atoms with Gasteiger partial charge < -0.3 is 10.1 Å². The van der Waals surface area contributed by atoms with Crippen LogP contribution in [0.4, 0.5) is 0 Å². The van der Waals surface area contributed by atoms with E-state index >= 15 is 0 Å². The van der Waals surface area contributed by atoms with E-state index in [1.165, 1.54) is 7.11 Å². The summed E-state index contributed by atoms with van der Waals surface area (Å²) < 4.78 is 4.54. The van der Waals surface area contributed by atoms with E-state index in [2.05, 4.69) is 10.1 Å². The Balaban J connectivity index is 3.92. The van der Waals surface area contributed by atoms with Gasteiger partial charge in [-0.2, -0.15) is 0 Å². The van der Waals surface area contributed by atoms with E-state index in [1.54, 1.807) is 4.90 Å². The normalized spacial score (nSPS) is 11.4. The molecule has 0 fully saturated rings. The molecule has 0 aliphatic rings. The molecule has 0 atom stereocenters. The van der Waals surface area contributed by atoms with Gasteiger partial charge in [-0.25, -0.2) is 0 Å². The molecule has 0 aliphatic carbocycles. The average Bonchev–Trinajstić information content (AvgIpc) is 2.24. The highest BCUT2D eigenvalue weighted by molar-refractivity contribution is 5.78. The van der Waals surface area contributed by atoms with Crippen molar-refractivity contribution in [2.45, 2.75) is 39.2 Å². The van der Waals surface area contributed by atoms with Crippen LogP contribution in [-0.2, 0) is 14.3 Å². The minimum Gasteiger partial charge on any atom is -0.469 e. The summed E-state index contributed by atoms with van der Waals surface area (Å²) in [6.07, 6.45) is 1.18. The van der Waals surface area contributed by atoms with Gasteiger partial charge in [-0.05, 0) is 27.3 Å². The number of nitrogens with one attached hydrogen (secondary N) is 1. The lowest BCUT2D eigenvalue weighted by Gasteiger charge is -2.26. The molecule has 1 N–H and O–H groups in total. The number of methoxy groups -OCH3 is 1. The smallest absolute Gasteiger partial charge is 0.306 e. The molecule has 17 heavy (non-hydrogen) atoms. The van der Waals surface area contributed by atoms with Crippen molar-refractivity contribution in [1.82, 2.24) is 10.2 Å². The molecule has 0 unspecified atom stereocenters. The number of hydrogen-bond donors (Lipinski definition) is 1. The number of amides is 1. The van der Waals surface area contributed by atoms with Crippen LogP contribution in [0.15, 0.2) is 0 Å². The summed E-state index contributed by atoms with van der Waals surface area (Å²) in [6, 6.07) is 0. The Kier molecular flexibility index (Phi) is 6.80. The van der Waals surface area contributed by atoms with Crippen LogP contribution < -0.4 is 5.32 Å². The first kappa shape index (κ1) is 15.9. The zero-order chi connectivity index (χ0) is 13.5. The lowest BCUT2D eigenvalue weighted by molar-refractivity contribution is -0.141.